The summed E-state index contributed by atoms with van der Waals surface area (Å²) >= 11 is 0. The van der Waals surface area contributed by atoms with Crippen LogP contribution in [0.1, 0.15) is 27.2 Å². The molecule has 2 unspecified atom stereocenters. The zero-order chi connectivity index (χ0) is 12.5. The van der Waals surface area contributed by atoms with Crippen molar-refractivity contribution in [3.8, 4) is 0 Å². The maximum Gasteiger partial charge on any atom is 0.411 e. The normalized spacial score (nSPS) is 25.6. The Morgan fingerprint density at radius 3 is 2.56 bits per heavy atom. The van der Waals surface area contributed by atoms with Crippen molar-refractivity contribution < 1.29 is 14.6 Å². The Bertz CT molecular complexity index is 298. The van der Waals surface area contributed by atoms with Gasteiger partial charge >= 0.3 is 6.09 Å². The van der Waals surface area contributed by atoms with Crippen molar-refractivity contribution in [1.82, 2.24) is 4.90 Å². The molecule has 1 aliphatic heterocycles. The van der Waals surface area contributed by atoms with E-state index in [-0.39, 0.29) is 12.4 Å². The Kier molecular flexibility index (Phi) is 3.42. The van der Waals surface area contributed by atoms with Gasteiger partial charge in [0.2, 0.25) is 0 Å². The maximum absolute atomic E-state index is 11.8. The van der Waals surface area contributed by atoms with Crippen LogP contribution in [-0.4, -0.2) is 46.2 Å². The van der Waals surface area contributed by atoms with E-state index in [2.05, 4.69) is 0 Å². The van der Waals surface area contributed by atoms with Crippen LogP contribution in [0.25, 0.3) is 0 Å². The van der Waals surface area contributed by atoms with Crippen LogP contribution in [0.5, 0.6) is 0 Å². The number of aliphatic hydroxyl groups excluding tert-OH is 1. The summed E-state index contributed by atoms with van der Waals surface area (Å²) in [5, 5.41) is 16.8. The van der Waals surface area contributed by atoms with E-state index >= 15 is 0 Å². The molecule has 16 heavy (non-hydrogen) atoms. The van der Waals surface area contributed by atoms with Crippen molar-refractivity contribution in [3.63, 3.8) is 0 Å². The third-order valence-corrected chi connectivity index (χ3v) is 2.27. The first-order chi connectivity index (χ1) is 7.20. The van der Waals surface area contributed by atoms with Crippen molar-refractivity contribution in [1.29, 1.82) is 5.41 Å². The Labute approximate surface area is 94.9 Å². The van der Waals surface area contributed by atoms with Gasteiger partial charge in [-0.15, -0.1) is 0 Å². The summed E-state index contributed by atoms with van der Waals surface area (Å²) in [6, 6.07) is -0.551. The molecule has 0 aromatic rings. The predicted octanol–water partition coefficient (Wildman–Crippen LogP) is 0.293. The lowest BCUT2D eigenvalue weighted by molar-refractivity contribution is 0.0243. The smallest absolute Gasteiger partial charge is 0.411 e. The van der Waals surface area contributed by atoms with Gasteiger partial charge in [-0.25, -0.2) is 4.79 Å². The van der Waals surface area contributed by atoms with E-state index in [1.165, 1.54) is 4.90 Å². The fraction of sp³-hybridized carbons (Fsp3) is 0.800. The number of nitrogens with zero attached hydrogens (tertiary/aromatic N) is 1. The molecule has 4 N–H and O–H groups in total. The summed E-state index contributed by atoms with van der Waals surface area (Å²) in [5.41, 5.74) is 4.78. The van der Waals surface area contributed by atoms with E-state index in [9.17, 15) is 9.90 Å². The molecule has 0 aliphatic carbocycles. The highest BCUT2D eigenvalue weighted by Crippen LogP contribution is 2.20. The third kappa shape index (κ3) is 3.10. The highest BCUT2D eigenvalue weighted by atomic mass is 16.6. The highest BCUT2D eigenvalue weighted by molar-refractivity contribution is 5.87. The quantitative estimate of drug-likeness (QED) is 0.444. The molecule has 0 radical (unpaired) electrons. The van der Waals surface area contributed by atoms with Crippen LogP contribution in [0, 0.1) is 5.41 Å². The molecule has 1 aliphatic rings. The van der Waals surface area contributed by atoms with Crippen LogP contribution < -0.4 is 5.73 Å². The Hall–Kier alpha value is -1.30. The van der Waals surface area contributed by atoms with Gasteiger partial charge in [-0.05, 0) is 20.8 Å². The average Bonchev–Trinajstić information content (AvgIpc) is 2.44. The zero-order valence-corrected chi connectivity index (χ0v) is 9.86. The largest absolute Gasteiger partial charge is 0.444 e. The van der Waals surface area contributed by atoms with E-state index in [0.717, 1.165) is 0 Å². The van der Waals surface area contributed by atoms with Crippen molar-refractivity contribution in [2.24, 2.45) is 5.73 Å². The first kappa shape index (κ1) is 12.8. The van der Waals surface area contributed by atoms with Crippen molar-refractivity contribution >= 4 is 11.9 Å². The number of nitrogens with two attached hydrogens (primary N) is 1. The van der Waals surface area contributed by atoms with E-state index in [0.29, 0.717) is 6.42 Å². The molecule has 1 fully saturated rings. The standard InChI is InChI=1S/C10H19N3O3/c1-10(2,3)16-9(15)13-5-6(14)4-7(13)8(11)12/h6-7,14H,4-5H2,1-3H3,(H3,11,12). The number of hydrogen-bond acceptors (Lipinski definition) is 4. The molecular weight excluding hydrogens is 210 g/mol. The summed E-state index contributed by atoms with van der Waals surface area (Å²) in [6.07, 6.45) is -0.875. The van der Waals surface area contributed by atoms with Gasteiger partial charge in [-0.3, -0.25) is 10.3 Å². The molecule has 0 spiro atoms. The molecule has 0 aromatic heterocycles. The molecule has 6 nitrogen and oxygen atoms in total. The van der Waals surface area contributed by atoms with Gasteiger partial charge in [0.25, 0.3) is 0 Å². The summed E-state index contributed by atoms with van der Waals surface area (Å²) in [7, 11) is 0. The molecule has 0 bridgehead atoms. The van der Waals surface area contributed by atoms with Gasteiger partial charge in [-0.1, -0.05) is 0 Å². The minimum Gasteiger partial charge on any atom is -0.444 e. The van der Waals surface area contributed by atoms with Crippen LogP contribution in [0.4, 0.5) is 4.79 Å². The zero-order valence-electron chi connectivity index (χ0n) is 9.86. The van der Waals surface area contributed by atoms with Crippen LogP contribution in [0.15, 0.2) is 0 Å². The topological polar surface area (TPSA) is 99.6 Å². The fourth-order valence-electron chi connectivity index (χ4n) is 1.63. The molecule has 6 heteroatoms. The molecule has 0 saturated carbocycles. The monoisotopic (exact) mass is 229 g/mol. The maximum atomic E-state index is 11.8. The van der Waals surface area contributed by atoms with Crippen LogP contribution in [0.2, 0.25) is 0 Å². The van der Waals surface area contributed by atoms with Gasteiger partial charge in [0.05, 0.1) is 18.7 Å². The van der Waals surface area contributed by atoms with Gasteiger partial charge in [0.15, 0.2) is 0 Å². The number of ether oxygens (including phenoxy) is 1. The van der Waals surface area contributed by atoms with Crippen LogP contribution in [0.3, 0.4) is 0 Å². The Morgan fingerprint density at radius 1 is 1.56 bits per heavy atom. The molecule has 1 rings (SSSR count). The highest BCUT2D eigenvalue weighted by Gasteiger charge is 2.38. The van der Waals surface area contributed by atoms with Crippen LogP contribution in [-0.2, 0) is 4.74 Å². The van der Waals surface area contributed by atoms with Crippen molar-refractivity contribution in [2.45, 2.75) is 44.9 Å². The first-order valence-electron chi connectivity index (χ1n) is 5.22. The van der Waals surface area contributed by atoms with Crippen molar-refractivity contribution in [3.05, 3.63) is 0 Å². The average molecular weight is 229 g/mol. The van der Waals surface area contributed by atoms with Gasteiger partial charge < -0.3 is 15.6 Å². The molecule has 1 amide bonds. The number of carbonyl (C=O) groups is 1. The number of amides is 1. The number of carbonyl (C=O) groups excluding carboxylic acids is 1. The number of β-amino-alcohol motifs (C(OH)–C–C–N with tert-alkyl or cyclic N) is 1. The Balaban J connectivity index is 2.71. The fourth-order valence-corrected chi connectivity index (χ4v) is 1.63. The number of aliphatic hydroxyl groups is 1. The first-order valence-corrected chi connectivity index (χ1v) is 5.22. The van der Waals surface area contributed by atoms with E-state index < -0.39 is 23.8 Å². The molecule has 1 saturated heterocycles. The lowest BCUT2D eigenvalue weighted by atomic mass is 10.2. The predicted molar refractivity (Wildman–Crippen MR) is 59.3 cm³/mol. The van der Waals surface area contributed by atoms with Crippen molar-refractivity contribution in [2.75, 3.05) is 6.54 Å². The Morgan fingerprint density at radius 2 is 2.12 bits per heavy atom. The summed E-state index contributed by atoms with van der Waals surface area (Å²) in [5.74, 6) is -0.123. The molecule has 92 valence electrons. The second-order valence-electron chi connectivity index (χ2n) is 4.99. The number of nitrogens with one attached hydrogen (secondary N) is 1. The van der Waals surface area contributed by atoms with E-state index in [1.54, 1.807) is 20.8 Å². The number of hydrogen-bond donors (Lipinski definition) is 3. The summed E-state index contributed by atoms with van der Waals surface area (Å²) in [4.78, 5) is 13.1. The molecule has 1 heterocycles. The molecular formula is C10H19N3O3. The lowest BCUT2D eigenvalue weighted by Crippen LogP contribution is -2.45. The molecule has 0 aromatic carbocycles. The van der Waals surface area contributed by atoms with E-state index in [1.807, 2.05) is 0 Å². The summed E-state index contributed by atoms with van der Waals surface area (Å²) < 4.78 is 5.17. The van der Waals surface area contributed by atoms with Gasteiger partial charge in [0.1, 0.15) is 11.4 Å². The molecule has 2 atom stereocenters. The number of likely N-dealkylation sites (tertiary alicyclic amines) is 1. The second kappa shape index (κ2) is 4.29. The van der Waals surface area contributed by atoms with E-state index in [4.69, 9.17) is 15.9 Å². The minimum absolute atomic E-state index is 0.123. The number of amidine groups is 1. The number of rotatable bonds is 1. The SMILES string of the molecule is CC(C)(C)OC(=O)N1CC(O)CC1C(=N)N. The third-order valence-electron chi connectivity index (χ3n) is 2.27. The minimum atomic E-state index is -0.638. The second-order valence-corrected chi connectivity index (χ2v) is 4.99. The van der Waals surface area contributed by atoms with Gasteiger partial charge in [0, 0.05) is 6.42 Å². The van der Waals surface area contributed by atoms with Gasteiger partial charge in [-0.2, -0.15) is 0 Å². The summed E-state index contributed by atoms with van der Waals surface area (Å²) in [6.45, 7) is 5.46. The van der Waals surface area contributed by atoms with Crippen LogP contribution >= 0.6 is 0 Å². The lowest BCUT2D eigenvalue weighted by Gasteiger charge is -2.27.